The first-order chi connectivity index (χ1) is 10.7. The predicted molar refractivity (Wildman–Crippen MR) is 88.6 cm³/mol. The van der Waals surface area contributed by atoms with Crippen molar-refractivity contribution in [1.82, 2.24) is 10.6 Å². The van der Waals surface area contributed by atoms with Gasteiger partial charge in [0.1, 0.15) is 11.6 Å². The van der Waals surface area contributed by atoms with Crippen molar-refractivity contribution in [3.63, 3.8) is 0 Å². The highest BCUT2D eigenvalue weighted by atomic mass is 16.6. The summed E-state index contributed by atoms with van der Waals surface area (Å²) in [6.45, 7) is 8.60. The van der Waals surface area contributed by atoms with Crippen molar-refractivity contribution in [2.75, 3.05) is 6.61 Å². The van der Waals surface area contributed by atoms with Crippen molar-refractivity contribution in [1.29, 1.82) is 0 Å². The fourth-order valence-electron chi connectivity index (χ4n) is 1.73. The maximum atomic E-state index is 12.0. The lowest BCUT2D eigenvalue weighted by Crippen LogP contribution is -2.49. The van der Waals surface area contributed by atoms with E-state index in [1.165, 1.54) is 0 Å². The number of rotatable bonds is 6. The van der Waals surface area contributed by atoms with Gasteiger partial charge in [-0.2, -0.15) is 0 Å². The molecule has 0 aliphatic heterocycles. The maximum Gasteiger partial charge on any atom is 0.408 e. The van der Waals surface area contributed by atoms with Gasteiger partial charge < -0.3 is 20.5 Å². The summed E-state index contributed by atoms with van der Waals surface area (Å²) in [5.74, 6) is -0.480. The van der Waals surface area contributed by atoms with E-state index in [4.69, 9.17) is 4.74 Å². The first-order valence-corrected chi connectivity index (χ1v) is 7.34. The molecule has 0 heterocycles. The number of aliphatic hydroxyl groups excluding tert-OH is 1. The van der Waals surface area contributed by atoms with Crippen LogP contribution in [0.25, 0.3) is 6.08 Å². The summed E-state index contributed by atoms with van der Waals surface area (Å²) in [6.07, 6.45) is 0.983. The largest absolute Gasteiger partial charge is 0.444 e. The van der Waals surface area contributed by atoms with Crippen molar-refractivity contribution in [2.45, 2.75) is 39.0 Å². The van der Waals surface area contributed by atoms with Crippen LogP contribution in [0.1, 0.15) is 31.9 Å². The van der Waals surface area contributed by atoms with E-state index in [0.717, 1.165) is 11.1 Å². The summed E-state index contributed by atoms with van der Waals surface area (Å²) < 4.78 is 5.06. The van der Waals surface area contributed by atoms with Gasteiger partial charge in [-0.25, -0.2) is 4.79 Å². The van der Waals surface area contributed by atoms with E-state index in [2.05, 4.69) is 17.2 Å². The van der Waals surface area contributed by atoms with E-state index in [-0.39, 0.29) is 0 Å². The fraction of sp³-hybridized carbons (Fsp3) is 0.412. The zero-order chi connectivity index (χ0) is 17.5. The zero-order valence-electron chi connectivity index (χ0n) is 13.8. The molecule has 1 rings (SSSR count). The van der Waals surface area contributed by atoms with E-state index in [1.807, 2.05) is 24.3 Å². The Labute approximate surface area is 136 Å². The minimum absolute atomic E-state index is 0.294. The number of hydrogen-bond donors (Lipinski definition) is 3. The Balaban J connectivity index is 2.52. The van der Waals surface area contributed by atoms with Gasteiger partial charge in [-0.05, 0) is 31.9 Å². The van der Waals surface area contributed by atoms with Crippen molar-refractivity contribution in [2.24, 2.45) is 0 Å². The lowest BCUT2D eigenvalue weighted by molar-refractivity contribution is -0.124. The summed E-state index contributed by atoms with van der Waals surface area (Å²) >= 11 is 0. The number of carbonyl (C=O) groups is 2. The van der Waals surface area contributed by atoms with E-state index < -0.39 is 30.3 Å². The number of hydrogen-bond acceptors (Lipinski definition) is 4. The third-order valence-electron chi connectivity index (χ3n) is 2.87. The molecule has 3 N–H and O–H groups in total. The summed E-state index contributed by atoms with van der Waals surface area (Å²) in [6, 6.07) is 6.45. The smallest absolute Gasteiger partial charge is 0.408 e. The normalized spacial score (nSPS) is 12.2. The van der Waals surface area contributed by atoms with Crippen molar-refractivity contribution in [3.05, 3.63) is 42.0 Å². The van der Waals surface area contributed by atoms with Gasteiger partial charge in [-0.3, -0.25) is 4.79 Å². The third-order valence-corrected chi connectivity index (χ3v) is 2.87. The SMILES string of the molecule is C=Cc1ccc(CNC(=O)C(CO)NC(=O)OC(C)(C)C)cc1. The van der Waals surface area contributed by atoms with Crippen LogP contribution in [-0.4, -0.2) is 35.4 Å². The molecule has 0 fully saturated rings. The second-order valence-corrected chi connectivity index (χ2v) is 6.04. The first-order valence-electron chi connectivity index (χ1n) is 7.34. The number of aliphatic hydroxyl groups is 1. The van der Waals surface area contributed by atoms with Crippen LogP contribution < -0.4 is 10.6 Å². The number of benzene rings is 1. The molecule has 1 atom stereocenters. The lowest BCUT2D eigenvalue weighted by Gasteiger charge is -2.22. The number of ether oxygens (including phenoxy) is 1. The zero-order valence-corrected chi connectivity index (χ0v) is 13.8. The number of alkyl carbamates (subject to hydrolysis) is 1. The van der Waals surface area contributed by atoms with Crippen LogP contribution in [0.4, 0.5) is 4.79 Å². The molecule has 0 aromatic heterocycles. The highest BCUT2D eigenvalue weighted by Crippen LogP contribution is 2.07. The van der Waals surface area contributed by atoms with Crippen LogP contribution in [0.2, 0.25) is 0 Å². The monoisotopic (exact) mass is 320 g/mol. The summed E-state index contributed by atoms with van der Waals surface area (Å²) in [7, 11) is 0. The van der Waals surface area contributed by atoms with Gasteiger partial charge in [0.2, 0.25) is 5.91 Å². The fourth-order valence-corrected chi connectivity index (χ4v) is 1.73. The Morgan fingerprint density at radius 2 is 1.91 bits per heavy atom. The molecule has 1 aromatic rings. The topological polar surface area (TPSA) is 87.7 Å². The number of amides is 2. The average Bonchev–Trinajstić information content (AvgIpc) is 2.49. The highest BCUT2D eigenvalue weighted by Gasteiger charge is 2.23. The van der Waals surface area contributed by atoms with Crippen LogP contribution in [0.3, 0.4) is 0 Å². The summed E-state index contributed by atoms with van der Waals surface area (Å²) in [4.78, 5) is 23.7. The second kappa shape index (κ2) is 8.33. The van der Waals surface area contributed by atoms with Crippen molar-refractivity contribution < 1.29 is 19.4 Å². The minimum atomic E-state index is -1.06. The van der Waals surface area contributed by atoms with Crippen LogP contribution in [0, 0.1) is 0 Å². The molecular formula is C17H24N2O4. The van der Waals surface area contributed by atoms with E-state index in [1.54, 1.807) is 26.8 Å². The molecule has 1 unspecified atom stereocenters. The molecule has 6 heteroatoms. The van der Waals surface area contributed by atoms with Gasteiger partial charge in [-0.1, -0.05) is 36.9 Å². The van der Waals surface area contributed by atoms with Gasteiger partial charge in [-0.15, -0.1) is 0 Å². The van der Waals surface area contributed by atoms with Crippen molar-refractivity contribution in [3.8, 4) is 0 Å². The molecule has 6 nitrogen and oxygen atoms in total. The van der Waals surface area contributed by atoms with E-state index >= 15 is 0 Å². The Hall–Kier alpha value is -2.34. The Morgan fingerprint density at radius 1 is 1.30 bits per heavy atom. The van der Waals surface area contributed by atoms with Crippen LogP contribution in [0.15, 0.2) is 30.8 Å². The quantitative estimate of drug-likeness (QED) is 0.746. The van der Waals surface area contributed by atoms with Gasteiger partial charge in [0, 0.05) is 6.54 Å². The first kappa shape index (κ1) is 18.7. The molecule has 0 spiro atoms. The summed E-state index contributed by atoms with van der Waals surface area (Å²) in [5, 5.41) is 14.3. The van der Waals surface area contributed by atoms with E-state index in [9.17, 15) is 14.7 Å². The Bertz CT molecular complexity index is 547. The molecule has 0 saturated carbocycles. The molecule has 0 saturated heterocycles. The highest BCUT2D eigenvalue weighted by molar-refractivity contribution is 5.85. The number of nitrogens with one attached hydrogen (secondary N) is 2. The maximum absolute atomic E-state index is 12.0. The van der Waals surface area contributed by atoms with Crippen molar-refractivity contribution >= 4 is 18.1 Å². The second-order valence-electron chi connectivity index (χ2n) is 6.04. The molecule has 23 heavy (non-hydrogen) atoms. The van der Waals surface area contributed by atoms with Crippen LogP contribution >= 0.6 is 0 Å². The molecule has 1 aromatic carbocycles. The standard InChI is InChI=1S/C17H24N2O4/c1-5-12-6-8-13(9-7-12)10-18-15(21)14(11-20)19-16(22)23-17(2,3)4/h5-9,14,20H,1,10-11H2,2-4H3,(H,18,21)(H,19,22). The average molecular weight is 320 g/mol. The number of carbonyl (C=O) groups excluding carboxylic acids is 2. The van der Waals surface area contributed by atoms with Crippen LogP contribution in [-0.2, 0) is 16.1 Å². The molecule has 0 aliphatic rings. The molecule has 0 radical (unpaired) electrons. The van der Waals surface area contributed by atoms with Gasteiger partial charge in [0.15, 0.2) is 0 Å². The summed E-state index contributed by atoms with van der Waals surface area (Å²) in [5.41, 5.74) is 1.21. The predicted octanol–water partition coefficient (Wildman–Crippen LogP) is 1.83. The van der Waals surface area contributed by atoms with Gasteiger partial charge in [0.25, 0.3) is 0 Å². The molecule has 126 valence electrons. The molecule has 0 bridgehead atoms. The van der Waals surface area contributed by atoms with Gasteiger partial charge in [0.05, 0.1) is 6.61 Å². The Morgan fingerprint density at radius 3 is 2.39 bits per heavy atom. The van der Waals surface area contributed by atoms with Crippen LogP contribution in [0.5, 0.6) is 0 Å². The lowest BCUT2D eigenvalue weighted by atomic mass is 10.1. The third kappa shape index (κ3) is 6.97. The Kier molecular flexibility index (Phi) is 6.78. The molecule has 0 aliphatic carbocycles. The molecule has 2 amide bonds. The van der Waals surface area contributed by atoms with Gasteiger partial charge >= 0.3 is 6.09 Å². The molecular weight excluding hydrogens is 296 g/mol. The van der Waals surface area contributed by atoms with E-state index in [0.29, 0.717) is 6.54 Å². The minimum Gasteiger partial charge on any atom is -0.444 e.